The summed E-state index contributed by atoms with van der Waals surface area (Å²) < 4.78 is 19.6. The van der Waals surface area contributed by atoms with Gasteiger partial charge in [-0.2, -0.15) is 0 Å². The molecule has 1 aromatic heterocycles. The number of hydrogen-bond acceptors (Lipinski definition) is 2. The molecule has 1 aliphatic heterocycles. The number of aromatic nitrogens is 1. The SMILES string of the molecule is CCCC(=O)NCCc1c[nH]c2cc(F)c3c(c12)CC(C)O3. The maximum Gasteiger partial charge on any atom is 0.219 e. The van der Waals surface area contributed by atoms with Crippen molar-refractivity contribution in [2.24, 2.45) is 0 Å². The van der Waals surface area contributed by atoms with Gasteiger partial charge in [0, 0.05) is 48.1 Å². The highest BCUT2D eigenvalue weighted by molar-refractivity contribution is 5.89. The summed E-state index contributed by atoms with van der Waals surface area (Å²) in [6.07, 6.45) is 4.75. The summed E-state index contributed by atoms with van der Waals surface area (Å²) in [4.78, 5) is 14.7. The van der Waals surface area contributed by atoms with Crippen molar-refractivity contribution < 1.29 is 13.9 Å². The molecule has 5 heteroatoms. The van der Waals surface area contributed by atoms with E-state index in [9.17, 15) is 9.18 Å². The standard InChI is InChI=1S/C17H21FN2O2/c1-3-4-15(21)19-6-5-11-9-20-14-8-13(18)17-12(16(11)14)7-10(2)22-17/h8-10,20H,3-7H2,1-2H3,(H,19,21). The number of ether oxygens (including phenoxy) is 1. The number of H-pyrrole nitrogens is 1. The molecule has 1 aliphatic rings. The van der Waals surface area contributed by atoms with Crippen molar-refractivity contribution in [2.45, 2.75) is 45.6 Å². The van der Waals surface area contributed by atoms with Crippen molar-refractivity contribution in [3.8, 4) is 5.75 Å². The number of fused-ring (bicyclic) bond motifs is 3. The second-order valence-corrected chi connectivity index (χ2v) is 5.89. The van der Waals surface area contributed by atoms with E-state index < -0.39 is 0 Å². The first kappa shape index (κ1) is 14.9. The summed E-state index contributed by atoms with van der Waals surface area (Å²) in [6.45, 7) is 4.52. The molecule has 3 rings (SSSR count). The van der Waals surface area contributed by atoms with Crippen LogP contribution < -0.4 is 10.1 Å². The lowest BCUT2D eigenvalue weighted by molar-refractivity contribution is -0.121. The zero-order valence-corrected chi connectivity index (χ0v) is 13.0. The lowest BCUT2D eigenvalue weighted by Crippen LogP contribution is -2.25. The predicted octanol–water partition coefficient (Wildman–Crippen LogP) is 3.09. The Labute approximate surface area is 129 Å². The zero-order valence-electron chi connectivity index (χ0n) is 13.0. The summed E-state index contributed by atoms with van der Waals surface area (Å²) in [6, 6.07) is 1.49. The van der Waals surface area contributed by atoms with Crippen LogP contribution in [0, 0.1) is 5.82 Å². The van der Waals surface area contributed by atoms with E-state index in [-0.39, 0.29) is 17.8 Å². The maximum absolute atomic E-state index is 14.0. The number of rotatable bonds is 5. The molecule has 0 saturated heterocycles. The number of nitrogens with one attached hydrogen (secondary N) is 2. The Kier molecular flexibility index (Phi) is 4.05. The number of benzene rings is 1. The third kappa shape index (κ3) is 2.67. The molecule has 2 heterocycles. The Balaban J connectivity index is 1.83. The Hall–Kier alpha value is -2.04. The largest absolute Gasteiger partial charge is 0.487 e. The molecular formula is C17H21FN2O2. The first-order valence-electron chi connectivity index (χ1n) is 7.84. The molecule has 0 saturated carbocycles. The van der Waals surface area contributed by atoms with Crippen molar-refractivity contribution in [3.05, 3.63) is 29.2 Å². The lowest BCUT2D eigenvalue weighted by Gasteiger charge is -2.06. The molecule has 1 amide bonds. The van der Waals surface area contributed by atoms with Crippen molar-refractivity contribution in [3.63, 3.8) is 0 Å². The minimum Gasteiger partial charge on any atom is -0.487 e. The second kappa shape index (κ2) is 5.99. The van der Waals surface area contributed by atoms with Crippen molar-refractivity contribution >= 4 is 16.8 Å². The highest BCUT2D eigenvalue weighted by atomic mass is 19.1. The van der Waals surface area contributed by atoms with E-state index in [1.165, 1.54) is 6.07 Å². The van der Waals surface area contributed by atoms with Crippen molar-refractivity contribution in [1.82, 2.24) is 10.3 Å². The summed E-state index contributed by atoms with van der Waals surface area (Å²) in [7, 11) is 0. The van der Waals surface area contributed by atoms with Crippen LogP contribution >= 0.6 is 0 Å². The molecular weight excluding hydrogens is 283 g/mol. The van der Waals surface area contributed by atoms with E-state index in [0.717, 1.165) is 41.3 Å². The number of amides is 1. The van der Waals surface area contributed by atoms with Crippen LogP contribution in [0.25, 0.3) is 10.9 Å². The number of hydrogen-bond donors (Lipinski definition) is 2. The molecule has 1 atom stereocenters. The summed E-state index contributed by atoms with van der Waals surface area (Å²) in [5.74, 6) is 0.155. The normalized spacial score (nSPS) is 16.6. The quantitative estimate of drug-likeness (QED) is 0.892. The Morgan fingerprint density at radius 1 is 1.55 bits per heavy atom. The van der Waals surface area contributed by atoms with E-state index >= 15 is 0 Å². The number of carbonyl (C=O) groups is 1. The smallest absolute Gasteiger partial charge is 0.219 e. The second-order valence-electron chi connectivity index (χ2n) is 5.89. The molecule has 0 fully saturated rings. The third-order valence-electron chi connectivity index (χ3n) is 4.06. The number of carbonyl (C=O) groups excluding carboxylic acids is 1. The van der Waals surface area contributed by atoms with Gasteiger partial charge in [0.25, 0.3) is 0 Å². The molecule has 0 radical (unpaired) electrons. The first-order chi connectivity index (χ1) is 10.6. The average molecular weight is 304 g/mol. The van der Waals surface area contributed by atoms with Gasteiger partial charge < -0.3 is 15.0 Å². The van der Waals surface area contributed by atoms with Gasteiger partial charge in [-0.3, -0.25) is 4.79 Å². The highest BCUT2D eigenvalue weighted by Gasteiger charge is 2.27. The van der Waals surface area contributed by atoms with Gasteiger partial charge in [0.05, 0.1) is 0 Å². The van der Waals surface area contributed by atoms with Gasteiger partial charge in [-0.25, -0.2) is 4.39 Å². The molecule has 1 unspecified atom stereocenters. The molecule has 4 nitrogen and oxygen atoms in total. The Bertz CT molecular complexity index is 708. The minimum absolute atomic E-state index is 0.00195. The molecule has 1 aromatic carbocycles. The van der Waals surface area contributed by atoms with Crippen LogP contribution in [-0.2, 0) is 17.6 Å². The molecule has 0 aliphatic carbocycles. The van der Waals surface area contributed by atoms with Crippen LogP contribution in [0.2, 0.25) is 0 Å². The fourth-order valence-corrected chi connectivity index (χ4v) is 3.10. The summed E-state index contributed by atoms with van der Waals surface area (Å²) in [5, 5.41) is 3.96. The summed E-state index contributed by atoms with van der Waals surface area (Å²) >= 11 is 0. The molecule has 2 N–H and O–H groups in total. The molecule has 0 spiro atoms. The number of halogens is 1. The van der Waals surface area contributed by atoms with E-state index in [4.69, 9.17) is 4.74 Å². The third-order valence-corrected chi connectivity index (χ3v) is 4.06. The van der Waals surface area contributed by atoms with E-state index in [2.05, 4.69) is 10.3 Å². The fourth-order valence-electron chi connectivity index (χ4n) is 3.10. The van der Waals surface area contributed by atoms with Crippen LogP contribution in [0.15, 0.2) is 12.3 Å². The van der Waals surface area contributed by atoms with E-state index in [1.807, 2.05) is 20.0 Å². The zero-order chi connectivity index (χ0) is 15.7. The van der Waals surface area contributed by atoms with Gasteiger partial charge in [-0.1, -0.05) is 6.92 Å². The average Bonchev–Trinajstić information content (AvgIpc) is 3.03. The molecule has 118 valence electrons. The topological polar surface area (TPSA) is 54.1 Å². The molecule has 0 bridgehead atoms. The van der Waals surface area contributed by atoms with Gasteiger partial charge in [0.2, 0.25) is 5.91 Å². The maximum atomic E-state index is 14.0. The predicted molar refractivity (Wildman–Crippen MR) is 83.7 cm³/mol. The highest BCUT2D eigenvalue weighted by Crippen LogP contribution is 2.38. The lowest BCUT2D eigenvalue weighted by atomic mass is 10.0. The molecule has 2 aromatic rings. The van der Waals surface area contributed by atoms with Crippen molar-refractivity contribution in [1.29, 1.82) is 0 Å². The Morgan fingerprint density at radius 3 is 3.14 bits per heavy atom. The van der Waals surface area contributed by atoms with E-state index in [1.54, 1.807) is 0 Å². The first-order valence-corrected chi connectivity index (χ1v) is 7.84. The van der Waals surface area contributed by atoms with Crippen LogP contribution in [0.1, 0.15) is 37.8 Å². The number of aromatic amines is 1. The van der Waals surface area contributed by atoms with Gasteiger partial charge in [-0.05, 0) is 25.3 Å². The van der Waals surface area contributed by atoms with Crippen LogP contribution in [0.3, 0.4) is 0 Å². The Morgan fingerprint density at radius 2 is 2.36 bits per heavy atom. The van der Waals surface area contributed by atoms with Gasteiger partial charge in [0.1, 0.15) is 6.10 Å². The fraction of sp³-hybridized carbons (Fsp3) is 0.471. The van der Waals surface area contributed by atoms with E-state index in [0.29, 0.717) is 18.7 Å². The van der Waals surface area contributed by atoms with Gasteiger partial charge in [0.15, 0.2) is 11.6 Å². The van der Waals surface area contributed by atoms with Crippen molar-refractivity contribution in [2.75, 3.05) is 6.54 Å². The van der Waals surface area contributed by atoms with Gasteiger partial charge >= 0.3 is 0 Å². The minimum atomic E-state index is -0.309. The molecule has 22 heavy (non-hydrogen) atoms. The summed E-state index contributed by atoms with van der Waals surface area (Å²) in [5.41, 5.74) is 2.84. The van der Waals surface area contributed by atoms with Crippen LogP contribution in [0.5, 0.6) is 5.75 Å². The van der Waals surface area contributed by atoms with Gasteiger partial charge in [-0.15, -0.1) is 0 Å². The van der Waals surface area contributed by atoms with Crippen LogP contribution in [-0.4, -0.2) is 23.5 Å². The van der Waals surface area contributed by atoms with Crippen LogP contribution in [0.4, 0.5) is 4.39 Å². The monoisotopic (exact) mass is 304 g/mol.